The van der Waals surface area contributed by atoms with Crippen LogP contribution in [0.1, 0.15) is 5.69 Å². The van der Waals surface area contributed by atoms with E-state index in [2.05, 4.69) is 20.3 Å². The number of hydrogen-bond acceptors (Lipinski definition) is 11. The van der Waals surface area contributed by atoms with Crippen LogP contribution in [0.15, 0.2) is 21.1 Å². The largest absolute Gasteiger partial charge is 0.476 e. The molecule has 2 aliphatic rings. The number of thiazole rings is 1. The van der Waals surface area contributed by atoms with Crippen LogP contribution in [-0.2, 0) is 29.1 Å². The maximum absolute atomic E-state index is 12.7. The predicted octanol–water partition coefficient (Wildman–Crippen LogP) is -2.03. The van der Waals surface area contributed by atoms with Crippen LogP contribution < -0.4 is 11.1 Å². The van der Waals surface area contributed by atoms with Crippen LogP contribution >= 0.6 is 11.3 Å². The van der Waals surface area contributed by atoms with Crippen molar-refractivity contribution in [3.8, 4) is 0 Å². The van der Waals surface area contributed by atoms with E-state index in [4.69, 9.17) is 5.73 Å². The molecule has 1 aromatic rings. The predicted molar refractivity (Wildman–Crippen MR) is 99.9 cm³/mol. The number of nitrogen functional groups attached to an aromatic ring is 1. The van der Waals surface area contributed by atoms with Crippen molar-refractivity contribution in [3.05, 3.63) is 21.7 Å². The molecule has 1 fully saturated rings. The zero-order valence-electron chi connectivity index (χ0n) is 15.1. The van der Waals surface area contributed by atoms with Crippen LogP contribution in [0.2, 0.25) is 0 Å². The van der Waals surface area contributed by atoms with Gasteiger partial charge < -0.3 is 21.0 Å². The van der Waals surface area contributed by atoms with Crippen LogP contribution in [0.5, 0.6) is 0 Å². The number of carboxylic acid groups (broad SMARTS) is 1. The summed E-state index contributed by atoms with van der Waals surface area (Å²) in [6.07, 6.45) is 0.866. The molecule has 0 spiro atoms. The number of hydrogen-bond donors (Lipinski definition) is 3. The maximum Gasteiger partial charge on any atom is 0.355 e. The highest BCUT2D eigenvalue weighted by Gasteiger charge is 2.50. The molecule has 0 saturated carbocycles. The summed E-state index contributed by atoms with van der Waals surface area (Å²) in [6, 6.07) is -1.13. The molecule has 0 bridgehead atoms. The fourth-order valence-electron chi connectivity index (χ4n) is 2.93. The fraction of sp³-hybridized carbons (Fsp3) is 0.357. The first-order chi connectivity index (χ1) is 13.5. The summed E-state index contributed by atoms with van der Waals surface area (Å²) in [4.78, 5) is 45.1. The van der Waals surface area contributed by atoms with Gasteiger partial charge in [-0.15, -0.1) is 11.3 Å². The molecule has 29 heavy (non-hydrogen) atoms. The molecule has 156 valence electrons. The lowest BCUT2D eigenvalue weighted by molar-refractivity contribution is -0.143. The number of nitrogens with zero attached hydrogens (tertiary/aromatic N) is 4. The van der Waals surface area contributed by atoms with Gasteiger partial charge in [0.1, 0.15) is 18.8 Å². The number of rotatable bonds is 6. The first-order valence-electron chi connectivity index (χ1n) is 7.93. The molecule has 0 radical (unpaired) electrons. The molecule has 2 aliphatic heterocycles. The molecule has 0 unspecified atom stereocenters. The number of carbonyl (C=O) groups is 3. The Morgan fingerprint density at radius 3 is 2.69 bits per heavy atom. The first kappa shape index (κ1) is 20.7. The Bertz CT molecular complexity index is 1060. The Balaban J connectivity index is 1.84. The summed E-state index contributed by atoms with van der Waals surface area (Å²) < 4.78 is 23.7. The Hall–Kier alpha value is -3.04. The van der Waals surface area contributed by atoms with Gasteiger partial charge in [0.15, 0.2) is 26.4 Å². The Kier molecular flexibility index (Phi) is 5.29. The molecule has 0 aliphatic carbocycles. The van der Waals surface area contributed by atoms with E-state index in [1.54, 1.807) is 0 Å². The van der Waals surface area contributed by atoms with E-state index in [1.807, 2.05) is 0 Å². The number of sulfone groups is 1. The van der Waals surface area contributed by atoms with Gasteiger partial charge in [0.05, 0.1) is 11.4 Å². The molecule has 3 heterocycles. The number of anilines is 1. The fourth-order valence-corrected chi connectivity index (χ4v) is 4.39. The molecule has 15 heteroatoms. The third kappa shape index (κ3) is 3.79. The van der Waals surface area contributed by atoms with Gasteiger partial charge in [0.2, 0.25) is 0 Å². The summed E-state index contributed by atoms with van der Waals surface area (Å²) >= 11 is 1.08. The lowest BCUT2D eigenvalue weighted by atomic mass is 10.2. The highest BCUT2D eigenvalue weighted by molar-refractivity contribution is 7.94. The molecule has 1 atom stereocenters. The smallest absolute Gasteiger partial charge is 0.355 e. The Morgan fingerprint density at radius 2 is 2.17 bits per heavy atom. The van der Waals surface area contributed by atoms with Crippen molar-refractivity contribution in [2.45, 2.75) is 6.04 Å². The van der Waals surface area contributed by atoms with E-state index in [0.29, 0.717) is 0 Å². The highest BCUT2D eigenvalue weighted by Crippen LogP contribution is 2.31. The third-order valence-electron chi connectivity index (χ3n) is 4.10. The molecule has 1 aromatic heterocycles. The lowest BCUT2D eigenvalue weighted by Gasteiger charge is -2.18. The van der Waals surface area contributed by atoms with Crippen molar-refractivity contribution in [2.75, 3.05) is 32.2 Å². The van der Waals surface area contributed by atoms with Crippen molar-refractivity contribution in [2.24, 2.45) is 5.16 Å². The van der Waals surface area contributed by atoms with Crippen LogP contribution in [0, 0.1) is 0 Å². The van der Waals surface area contributed by atoms with Gasteiger partial charge in [-0.05, 0) is 0 Å². The molecular formula is C14H16N6O7S2. The highest BCUT2D eigenvalue weighted by atomic mass is 32.2. The SMILES string of the molecule is CON=C(C(=O)N[C@H]1CN2CC(S(C)(=O)=O)=C(C(=O)O)N2C1=O)c1csc(N)n1. The summed E-state index contributed by atoms with van der Waals surface area (Å²) in [5.74, 6) is -3.14. The maximum atomic E-state index is 12.7. The van der Waals surface area contributed by atoms with Gasteiger partial charge in [-0.1, -0.05) is 5.16 Å². The zero-order valence-corrected chi connectivity index (χ0v) is 16.8. The number of fused-ring (bicyclic) bond motifs is 1. The van der Waals surface area contributed by atoms with Gasteiger partial charge in [-0.3, -0.25) is 9.59 Å². The van der Waals surface area contributed by atoms with Gasteiger partial charge >= 0.3 is 5.97 Å². The summed E-state index contributed by atoms with van der Waals surface area (Å²) in [7, 11) is -2.61. The van der Waals surface area contributed by atoms with E-state index >= 15 is 0 Å². The number of oxime groups is 1. The molecule has 2 amide bonds. The average molecular weight is 444 g/mol. The number of nitrogens with two attached hydrogens (primary N) is 1. The molecule has 1 saturated heterocycles. The number of carboxylic acids is 1. The van der Waals surface area contributed by atoms with Crippen molar-refractivity contribution < 1.29 is 32.7 Å². The van der Waals surface area contributed by atoms with Gasteiger partial charge in [0.25, 0.3) is 11.8 Å². The first-order valence-corrected chi connectivity index (χ1v) is 10.7. The van der Waals surface area contributed by atoms with Gasteiger partial charge in [-0.25, -0.2) is 28.2 Å². The monoisotopic (exact) mass is 444 g/mol. The standard InChI is InChI=1S/C14H16N6O7S2/c1-27-18-9(7-5-28-14(15)17-7)11(21)16-6-3-19-4-8(29(2,25)26)10(13(23)24)20(19)12(6)22/h5-6H,3-4H2,1-2H3,(H2,15,17)(H,16,21)(H,23,24)/t6-/m0/s1. The van der Waals surface area contributed by atoms with E-state index in [9.17, 15) is 27.9 Å². The minimum Gasteiger partial charge on any atom is -0.476 e. The zero-order chi connectivity index (χ0) is 21.5. The van der Waals surface area contributed by atoms with Crippen molar-refractivity contribution >= 4 is 49.8 Å². The van der Waals surface area contributed by atoms with Crippen LogP contribution in [0.25, 0.3) is 0 Å². The molecule has 3 rings (SSSR count). The van der Waals surface area contributed by atoms with Gasteiger partial charge in [0, 0.05) is 18.2 Å². The summed E-state index contributed by atoms with van der Waals surface area (Å²) in [5.41, 5.74) is 4.83. The summed E-state index contributed by atoms with van der Waals surface area (Å²) in [6.45, 7) is -0.417. The van der Waals surface area contributed by atoms with E-state index in [0.717, 1.165) is 22.6 Å². The minimum atomic E-state index is -3.84. The van der Waals surface area contributed by atoms with E-state index in [1.165, 1.54) is 17.5 Å². The van der Waals surface area contributed by atoms with E-state index < -0.39 is 39.4 Å². The third-order valence-corrected chi connectivity index (χ3v) is 5.99. The number of aromatic nitrogens is 1. The second-order valence-corrected chi connectivity index (χ2v) is 8.99. The Morgan fingerprint density at radius 1 is 1.48 bits per heavy atom. The second-order valence-electron chi connectivity index (χ2n) is 6.07. The molecule has 13 nitrogen and oxygen atoms in total. The second kappa shape index (κ2) is 7.41. The van der Waals surface area contributed by atoms with Crippen molar-refractivity contribution in [3.63, 3.8) is 0 Å². The normalized spacial score (nSPS) is 20.2. The number of aliphatic carboxylic acids is 1. The average Bonchev–Trinajstić information content (AvgIpc) is 3.28. The number of amides is 2. The van der Waals surface area contributed by atoms with Crippen molar-refractivity contribution in [1.82, 2.24) is 20.3 Å². The number of nitrogens with one attached hydrogen (secondary N) is 1. The molecule has 0 aromatic carbocycles. The van der Waals surface area contributed by atoms with Crippen LogP contribution in [-0.4, -0.2) is 84.5 Å². The molecule has 4 N–H and O–H groups in total. The van der Waals surface area contributed by atoms with Crippen LogP contribution in [0.3, 0.4) is 0 Å². The number of hydrazine groups is 1. The molecular weight excluding hydrogens is 428 g/mol. The van der Waals surface area contributed by atoms with Crippen molar-refractivity contribution in [1.29, 1.82) is 0 Å². The van der Waals surface area contributed by atoms with E-state index in [-0.39, 0.29) is 34.5 Å². The van der Waals surface area contributed by atoms with Crippen LogP contribution in [0.4, 0.5) is 5.13 Å². The Labute approximate surface area is 168 Å². The minimum absolute atomic E-state index is 0.125. The summed E-state index contributed by atoms with van der Waals surface area (Å²) in [5, 5.41) is 19.1. The van der Waals surface area contributed by atoms with Gasteiger partial charge in [-0.2, -0.15) is 0 Å². The number of carbonyl (C=O) groups excluding carboxylic acids is 2. The topological polar surface area (TPSA) is 185 Å². The quantitative estimate of drug-likeness (QED) is 0.326. The lowest BCUT2D eigenvalue weighted by Crippen LogP contribution is -2.46.